The molecule has 3 atom stereocenters. The number of allylic oxidation sites excluding steroid dienone is 9. The second kappa shape index (κ2) is 42.5. The number of aliphatic hydroxyl groups is 1. The molecule has 0 aromatic carbocycles. The number of phosphoric ester groups is 1. The van der Waals surface area contributed by atoms with Crippen LogP contribution in [0.1, 0.15) is 206 Å². The van der Waals surface area contributed by atoms with E-state index in [1.807, 2.05) is 27.2 Å². The average Bonchev–Trinajstić information content (AvgIpc) is 3.20. The van der Waals surface area contributed by atoms with Crippen LogP contribution < -0.4 is 10.2 Å². The van der Waals surface area contributed by atoms with Crippen LogP contribution in [0.5, 0.6) is 0 Å². The molecule has 0 aromatic rings. The largest absolute Gasteiger partial charge is 0.756 e. The lowest BCUT2D eigenvalue weighted by Gasteiger charge is -2.29. The highest BCUT2D eigenvalue weighted by Gasteiger charge is 2.23. The van der Waals surface area contributed by atoms with Crippen LogP contribution in [0.4, 0.5) is 0 Å². The summed E-state index contributed by atoms with van der Waals surface area (Å²) in [6.45, 7) is 4.49. The monoisotopic (exact) mass is 863 g/mol. The molecule has 0 saturated carbocycles. The van der Waals surface area contributed by atoms with Crippen LogP contribution in [0.2, 0.25) is 0 Å². The lowest BCUT2D eigenvalue weighted by molar-refractivity contribution is -0.870. The third-order valence-electron chi connectivity index (χ3n) is 10.7. The summed E-state index contributed by atoms with van der Waals surface area (Å²) in [7, 11) is 1.24. The Kier molecular flexibility index (Phi) is 41.2. The summed E-state index contributed by atoms with van der Waals surface area (Å²) in [6, 6.07) is -0.901. The molecule has 2 N–H and O–H groups in total. The molecule has 0 rings (SSSR count). The second-order valence-electron chi connectivity index (χ2n) is 17.8. The van der Waals surface area contributed by atoms with Crippen LogP contribution in [0.3, 0.4) is 0 Å². The SMILES string of the molecule is CCC/C=C/CC/C=C/C(O)C(COP(=O)([O-])OCC[N+](C)(C)C)NC(=O)CCCCCCCCCCCCCCCCCC/C=C\C/C=C\C/C=C\CCCCCCC. The topological polar surface area (TPSA) is 108 Å². The van der Waals surface area contributed by atoms with Gasteiger partial charge in [0, 0.05) is 6.42 Å². The molecule has 0 aliphatic carbocycles. The molecule has 3 unspecified atom stereocenters. The number of likely N-dealkylation sites (N-methyl/N-ethyl adjacent to an activating group) is 1. The van der Waals surface area contributed by atoms with Crippen LogP contribution >= 0.6 is 7.82 Å². The molecule has 0 aromatic heterocycles. The fourth-order valence-corrected chi connectivity index (χ4v) is 7.49. The van der Waals surface area contributed by atoms with Crippen molar-refractivity contribution in [3.63, 3.8) is 0 Å². The van der Waals surface area contributed by atoms with E-state index in [0.717, 1.165) is 57.8 Å². The van der Waals surface area contributed by atoms with Gasteiger partial charge in [-0.3, -0.25) is 9.36 Å². The second-order valence-corrected chi connectivity index (χ2v) is 19.2. The Morgan fingerprint density at radius 3 is 1.52 bits per heavy atom. The van der Waals surface area contributed by atoms with Crippen LogP contribution in [-0.4, -0.2) is 68.5 Å². The van der Waals surface area contributed by atoms with Gasteiger partial charge in [0.25, 0.3) is 7.82 Å². The smallest absolute Gasteiger partial charge is 0.268 e. The molecule has 0 spiro atoms. The first-order valence-electron chi connectivity index (χ1n) is 24.7. The van der Waals surface area contributed by atoms with Crippen molar-refractivity contribution in [2.45, 2.75) is 219 Å². The van der Waals surface area contributed by atoms with Crippen molar-refractivity contribution in [3.05, 3.63) is 60.8 Å². The van der Waals surface area contributed by atoms with Crippen LogP contribution in [0.25, 0.3) is 0 Å². The van der Waals surface area contributed by atoms with Gasteiger partial charge >= 0.3 is 0 Å². The van der Waals surface area contributed by atoms with Gasteiger partial charge in [-0.15, -0.1) is 0 Å². The Labute approximate surface area is 371 Å². The zero-order valence-electron chi connectivity index (χ0n) is 39.6. The number of unbranched alkanes of at least 4 members (excludes halogenated alkanes) is 23. The Bertz CT molecular complexity index is 1160. The van der Waals surface area contributed by atoms with Gasteiger partial charge in [0.15, 0.2) is 0 Å². The maximum atomic E-state index is 12.8. The molecular formula is C51H95N2O6P. The number of phosphoric acid groups is 1. The van der Waals surface area contributed by atoms with Gasteiger partial charge in [-0.25, -0.2) is 0 Å². The van der Waals surface area contributed by atoms with Gasteiger partial charge in [0.05, 0.1) is 39.9 Å². The molecule has 8 nitrogen and oxygen atoms in total. The van der Waals surface area contributed by atoms with E-state index in [-0.39, 0.29) is 12.5 Å². The molecule has 9 heteroatoms. The fourth-order valence-electron chi connectivity index (χ4n) is 6.77. The highest BCUT2D eigenvalue weighted by atomic mass is 31.2. The van der Waals surface area contributed by atoms with Crippen molar-refractivity contribution in [1.82, 2.24) is 5.32 Å². The van der Waals surface area contributed by atoms with E-state index in [4.69, 9.17) is 9.05 Å². The van der Waals surface area contributed by atoms with E-state index < -0.39 is 26.6 Å². The van der Waals surface area contributed by atoms with Crippen molar-refractivity contribution in [3.8, 4) is 0 Å². The third-order valence-corrected chi connectivity index (χ3v) is 11.6. The first-order valence-corrected chi connectivity index (χ1v) is 26.1. The molecule has 0 bridgehead atoms. The predicted octanol–water partition coefficient (Wildman–Crippen LogP) is 13.6. The summed E-state index contributed by atoms with van der Waals surface area (Å²) in [5.74, 6) is -0.213. The van der Waals surface area contributed by atoms with E-state index in [2.05, 4.69) is 67.8 Å². The summed E-state index contributed by atoms with van der Waals surface area (Å²) in [5.41, 5.74) is 0. The van der Waals surface area contributed by atoms with E-state index in [9.17, 15) is 19.4 Å². The molecule has 0 saturated heterocycles. The summed E-state index contributed by atoms with van der Waals surface area (Å²) in [6.07, 6.45) is 56.1. The number of nitrogens with one attached hydrogen (secondary N) is 1. The zero-order valence-corrected chi connectivity index (χ0v) is 40.5. The number of rotatable bonds is 44. The Morgan fingerprint density at radius 2 is 1.02 bits per heavy atom. The highest BCUT2D eigenvalue weighted by molar-refractivity contribution is 7.45. The fraction of sp³-hybridized carbons (Fsp3) is 0.784. The zero-order chi connectivity index (χ0) is 44.3. The van der Waals surface area contributed by atoms with Gasteiger partial charge in [0.1, 0.15) is 13.2 Å². The summed E-state index contributed by atoms with van der Waals surface area (Å²) < 4.78 is 23.1. The number of nitrogens with zero attached hydrogens (tertiary/aromatic N) is 1. The minimum atomic E-state index is -4.59. The summed E-state index contributed by atoms with van der Waals surface area (Å²) in [5, 5.41) is 13.6. The quantitative estimate of drug-likeness (QED) is 0.0273. The molecule has 0 aliphatic rings. The minimum absolute atomic E-state index is 0.00824. The number of hydrogen-bond donors (Lipinski definition) is 2. The molecule has 0 fully saturated rings. The van der Waals surface area contributed by atoms with E-state index in [0.29, 0.717) is 17.4 Å². The molecule has 0 aliphatic heterocycles. The number of aliphatic hydroxyl groups excluding tert-OH is 1. The minimum Gasteiger partial charge on any atom is -0.756 e. The van der Waals surface area contributed by atoms with Gasteiger partial charge in [-0.2, -0.15) is 0 Å². The maximum absolute atomic E-state index is 12.8. The standard InChI is InChI=1S/C51H95N2O6P/c1-6-8-10-12-14-15-16-17-18-19-20-21-22-23-24-25-26-27-28-29-30-31-32-33-34-35-36-37-39-41-43-45-51(55)52-49(50(54)44-42-40-38-13-11-9-7-2)48-59-60(56,57)58-47-46-53(3,4)5/h11,13,16-17,19-20,22-23,42,44,49-50,54H,6-10,12,14-15,18,21,24-41,43,45-48H2,1-5H3,(H-,52,55,56,57)/b13-11+,17-16-,20-19-,23-22-,44-42+. The van der Waals surface area contributed by atoms with Crippen LogP contribution in [0.15, 0.2) is 60.8 Å². The Morgan fingerprint density at radius 1 is 0.583 bits per heavy atom. The maximum Gasteiger partial charge on any atom is 0.268 e. The summed E-state index contributed by atoms with van der Waals surface area (Å²) in [4.78, 5) is 25.2. The van der Waals surface area contributed by atoms with E-state index in [1.165, 1.54) is 128 Å². The molecular weight excluding hydrogens is 768 g/mol. The van der Waals surface area contributed by atoms with Gasteiger partial charge in [-0.05, 0) is 64.2 Å². The lowest BCUT2D eigenvalue weighted by atomic mass is 10.0. The number of hydrogen-bond acceptors (Lipinski definition) is 6. The molecule has 0 heterocycles. The molecule has 60 heavy (non-hydrogen) atoms. The van der Waals surface area contributed by atoms with Gasteiger partial charge in [-0.1, -0.05) is 197 Å². The van der Waals surface area contributed by atoms with E-state index >= 15 is 0 Å². The number of carbonyl (C=O) groups is 1. The average molecular weight is 863 g/mol. The Balaban J connectivity index is 3.96. The van der Waals surface area contributed by atoms with Crippen molar-refractivity contribution >= 4 is 13.7 Å². The predicted molar refractivity (Wildman–Crippen MR) is 256 cm³/mol. The van der Waals surface area contributed by atoms with Crippen molar-refractivity contribution < 1.29 is 32.9 Å². The van der Waals surface area contributed by atoms with E-state index in [1.54, 1.807) is 6.08 Å². The normalized spacial score (nSPS) is 14.7. The number of carbonyl (C=O) groups excluding carboxylic acids is 1. The number of amides is 1. The third kappa shape index (κ3) is 44.3. The first kappa shape index (κ1) is 58.2. The van der Waals surface area contributed by atoms with Gasteiger partial charge in [0.2, 0.25) is 5.91 Å². The molecule has 0 radical (unpaired) electrons. The Hall–Kier alpha value is -1.80. The summed E-state index contributed by atoms with van der Waals surface area (Å²) >= 11 is 0. The first-order chi connectivity index (χ1) is 29.0. The van der Waals surface area contributed by atoms with Crippen LogP contribution in [-0.2, 0) is 18.4 Å². The number of quaternary nitrogens is 1. The van der Waals surface area contributed by atoms with Crippen molar-refractivity contribution in [2.75, 3.05) is 40.9 Å². The highest BCUT2D eigenvalue weighted by Crippen LogP contribution is 2.38. The van der Waals surface area contributed by atoms with Crippen molar-refractivity contribution in [1.29, 1.82) is 0 Å². The molecule has 350 valence electrons. The van der Waals surface area contributed by atoms with Crippen molar-refractivity contribution in [2.24, 2.45) is 0 Å². The lowest BCUT2D eigenvalue weighted by Crippen LogP contribution is -2.45. The van der Waals surface area contributed by atoms with Crippen LogP contribution in [0, 0.1) is 0 Å². The van der Waals surface area contributed by atoms with Gasteiger partial charge < -0.3 is 28.8 Å². The molecule has 1 amide bonds.